The van der Waals surface area contributed by atoms with Gasteiger partial charge >= 0.3 is 12.0 Å². The first-order chi connectivity index (χ1) is 13.5. The van der Waals surface area contributed by atoms with Gasteiger partial charge in [0.1, 0.15) is 0 Å². The Kier molecular flexibility index (Phi) is 11.8. The first-order valence-electron chi connectivity index (χ1n) is 9.70. The summed E-state index contributed by atoms with van der Waals surface area (Å²) in [6, 6.07) is 2.78. The van der Waals surface area contributed by atoms with E-state index in [9.17, 15) is 9.59 Å². The van der Waals surface area contributed by atoms with E-state index >= 15 is 0 Å². The largest absolute Gasteiger partial charge is 0.466 e. The van der Waals surface area contributed by atoms with Crippen LogP contribution in [0.15, 0.2) is 24.5 Å². The van der Waals surface area contributed by atoms with Crippen molar-refractivity contribution in [1.82, 2.24) is 20.9 Å². The topological polar surface area (TPSA) is 142 Å². The van der Waals surface area contributed by atoms with Gasteiger partial charge in [0, 0.05) is 25.5 Å². The maximum atomic E-state index is 12.2. The van der Waals surface area contributed by atoms with Crippen LogP contribution in [0.2, 0.25) is 0 Å². The zero-order valence-electron chi connectivity index (χ0n) is 16.5. The lowest BCUT2D eigenvalue weighted by atomic mass is 10.1. The normalized spacial score (nSPS) is 11.3. The first-order valence-corrected chi connectivity index (χ1v) is 9.70. The Morgan fingerprint density at radius 3 is 2.46 bits per heavy atom. The van der Waals surface area contributed by atoms with Crippen molar-refractivity contribution in [3.8, 4) is 0 Å². The van der Waals surface area contributed by atoms with Gasteiger partial charge in [0.05, 0.1) is 19.1 Å². The molecule has 1 atom stereocenters. The Hall–Kier alpha value is -2.84. The summed E-state index contributed by atoms with van der Waals surface area (Å²) in [5, 5.41) is 15.5. The van der Waals surface area contributed by atoms with Crippen LogP contribution in [0.4, 0.5) is 4.79 Å². The Labute approximate surface area is 166 Å². The average Bonchev–Trinajstić information content (AvgIpc) is 2.67. The van der Waals surface area contributed by atoms with Crippen LogP contribution in [0.5, 0.6) is 0 Å². The molecule has 156 valence electrons. The molecular weight excluding hydrogens is 360 g/mol. The number of nitrogens with zero attached hydrogens (tertiary/aromatic N) is 1. The van der Waals surface area contributed by atoms with Gasteiger partial charge in [-0.3, -0.25) is 15.2 Å². The first kappa shape index (κ1) is 23.2. The highest BCUT2D eigenvalue weighted by molar-refractivity contribution is 5.76. The zero-order chi connectivity index (χ0) is 20.6. The van der Waals surface area contributed by atoms with Crippen molar-refractivity contribution in [2.45, 2.75) is 51.5 Å². The fraction of sp³-hybridized carbons (Fsp3) is 0.579. The van der Waals surface area contributed by atoms with E-state index in [0.29, 0.717) is 19.7 Å². The van der Waals surface area contributed by atoms with Gasteiger partial charge < -0.3 is 26.4 Å². The minimum atomic E-state index is -0.485. The average molecular weight is 393 g/mol. The number of esters is 1. The highest BCUT2D eigenvalue weighted by Crippen LogP contribution is 2.16. The van der Waals surface area contributed by atoms with Crippen LogP contribution >= 0.6 is 0 Å². The quantitative estimate of drug-likeness (QED) is 0.150. The number of rotatable bonds is 13. The molecule has 0 fully saturated rings. The van der Waals surface area contributed by atoms with Gasteiger partial charge in [-0.15, -0.1) is 0 Å². The van der Waals surface area contributed by atoms with Crippen molar-refractivity contribution in [2.24, 2.45) is 5.73 Å². The Bertz CT molecular complexity index is 597. The van der Waals surface area contributed by atoms with E-state index < -0.39 is 6.04 Å². The molecule has 2 amide bonds. The van der Waals surface area contributed by atoms with E-state index in [0.717, 1.165) is 37.7 Å². The SMILES string of the molecule is CCOC(=O)CC(NC(=O)NCCCCCCCNC(=N)N)c1cccnc1. The molecule has 1 heterocycles. The number of nitrogens with two attached hydrogens (primary N) is 1. The van der Waals surface area contributed by atoms with Crippen molar-refractivity contribution < 1.29 is 14.3 Å². The summed E-state index contributed by atoms with van der Waals surface area (Å²) in [4.78, 5) is 28.0. The summed E-state index contributed by atoms with van der Waals surface area (Å²) in [6.07, 6.45) is 8.29. The molecule has 1 aromatic heterocycles. The van der Waals surface area contributed by atoms with Crippen molar-refractivity contribution in [2.75, 3.05) is 19.7 Å². The second-order valence-electron chi connectivity index (χ2n) is 6.36. The van der Waals surface area contributed by atoms with Gasteiger partial charge in [0.25, 0.3) is 0 Å². The molecule has 0 saturated heterocycles. The maximum absolute atomic E-state index is 12.2. The fourth-order valence-electron chi connectivity index (χ4n) is 2.64. The molecule has 0 radical (unpaired) electrons. The number of hydrogen-bond donors (Lipinski definition) is 5. The number of nitrogens with one attached hydrogen (secondary N) is 4. The Morgan fingerprint density at radius 2 is 1.86 bits per heavy atom. The lowest BCUT2D eigenvalue weighted by Gasteiger charge is -2.18. The molecule has 0 aliphatic carbocycles. The molecule has 0 aliphatic rings. The predicted molar refractivity (Wildman–Crippen MR) is 108 cm³/mol. The molecule has 0 aliphatic heterocycles. The van der Waals surface area contributed by atoms with Crippen LogP contribution in [-0.2, 0) is 9.53 Å². The Morgan fingerprint density at radius 1 is 1.18 bits per heavy atom. The number of guanidine groups is 1. The number of amides is 2. The zero-order valence-corrected chi connectivity index (χ0v) is 16.5. The molecule has 0 saturated carbocycles. The van der Waals surface area contributed by atoms with Crippen LogP contribution in [-0.4, -0.2) is 42.6 Å². The van der Waals surface area contributed by atoms with Gasteiger partial charge in [-0.2, -0.15) is 0 Å². The number of carbonyl (C=O) groups excluding carboxylic acids is 2. The molecule has 0 spiro atoms. The standard InChI is InChI=1S/C19H32N6O3/c1-2-28-17(26)13-16(15-9-8-10-22-14-15)25-19(27)24-12-7-5-3-4-6-11-23-18(20)21/h8-10,14,16H,2-7,11-13H2,1H3,(H4,20,21,23)(H2,24,25,27). The minimum absolute atomic E-state index is 0.00255. The predicted octanol–water partition coefficient (Wildman–Crippen LogP) is 1.81. The molecule has 9 heteroatoms. The van der Waals surface area contributed by atoms with Gasteiger partial charge in [-0.25, -0.2) is 4.79 Å². The highest BCUT2D eigenvalue weighted by atomic mass is 16.5. The van der Waals surface area contributed by atoms with Crippen LogP contribution in [0.25, 0.3) is 0 Å². The molecule has 1 unspecified atom stereocenters. The molecule has 1 aromatic rings. The molecule has 9 nitrogen and oxygen atoms in total. The third-order valence-electron chi connectivity index (χ3n) is 4.02. The van der Waals surface area contributed by atoms with Crippen molar-refractivity contribution in [1.29, 1.82) is 5.41 Å². The smallest absolute Gasteiger partial charge is 0.315 e. The lowest BCUT2D eigenvalue weighted by molar-refractivity contribution is -0.143. The van der Waals surface area contributed by atoms with E-state index in [1.807, 2.05) is 6.07 Å². The van der Waals surface area contributed by atoms with E-state index in [1.54, 1.807) is 25.4 Å². The molecule has 6 N–H and O–H groups in total. The second kappa shape index (κ2) is 14.2. The summed E-state index contributed by atoms with van der Waals surface area (Å²) in [5.41, 5.74) is 5.97. The van der Waals surface area contributed by atoms with Gasteiger partial charge in [-0.1, -0.05) is 25.3 Å². The lowest BCUT2D eigenvalue weighted by Crippen LogP contribution is -2.39. The van der Waals surface area contributed by atoms with E-state index in [1.165, 1.54) is 0 Å². The Balaban J connectivity index is 2.27. The van der Waals surface area contributed by atoms with Crippen molar-refractivity contribution >= 4 is 18.0 Å². The van der Waals surface area contributed by atoms with E-state index in [4.69, 9.17) is 15.9 Å². The maximum Gasteiger partial charge on any atom is 0.315 e. The number of aromatic nitrogens is 1. The third-order valence-corrected chi connectivity index (χ3v) is 4.02. The highest BCUT2D eigenvalue weighted by Gasteiger charge is 2.19. The van der Waals surface area contributed by atoms with Crippen molar-refractivity contribution in [3.63, 3.8) is 0 Å². The monoisotopic (exact) mass is 392 g/mol. The van der Waals surface area contributed by atoms with Crippen LogP contribution in [0, 0.1) is 5.41 Å². The third kappa shape index (κ3) is 11.0. The molecule has 0 bridgehead atoms. The minimum Gasteiger partial charge on any atom is -0.466 e. The van der Waals surface area contributed by atoms with Crippen LogP contribution in [0.1, 0.15) is 57.1 Å². The number of ether oxygens (including phenoxy) is 1. The molecule has 0 aromatic carbocycles. The molecule has 1 rings (SSSR count). The van der Waals surface area contributed by atoms with Crippen LogP contribution < -0.4 is 21.7 Å². The van der Waals surface area contributed by atoms with Gasteiger partial charge in [-0.05, 0) is 31.4 Å². The van der Waals surface area contributed by atoms with Crippen molar-refractivity contribution in [3.05, 3.63) is 30.1 Å². The summed E-state index contributed by atoms with van der Waals surface area (Å²) >= 11 is 0. The van der Waals surface area contributed by atoms with E-state index in [-0.39, 0.29) is 24.4 Å². The fourth-order valence-corrected chi connectivity index (χ4v) is 2.64. The van der Waals surface area contributed by atoms with Gasteiger partial charge in [0.15, 0.2) is 5.96 Å². The number of hydrogen-bond acceptors (Lipinski definition) is 5. The number of urea groups is 1. The van der Waals surface area contributed by atoms with Gasteiger partial charge in [0.2, 0.25) is 0 Å². The number of pyridine rings is 1. The number of carbonyl (C=O) groups is 2. The van der Waals surface area contributed by atoms with Crippen LogP contribution in [0.3, 0.4) is 0 Å². The summed E-state index contributed by atoms with van der Waals surface area (Å²) < 4.78 is 4.99. The van der Waals surface area contributed by atoms with E-state index in [2.05, 4.69) is 20.9 Å². The summed E-state index contributed by atoms with van der Waals surface area (Å²) in [6.45, 7) is 3.33. The number of unbranched alkanes of at least 4 members (excludes halogenated alkanes) is 4. The molecule has 28 heavy (non-hydrogen) atoms. The summed E-state index contributed by atoms with van der Waals surface area (Å²) in [5.74, 6) is -0.362. The molecular formula is C19H32N6O3. The summed E-state index contributed by atoms with van der Waals surface area (Å²) in [7, 11) is 0. The second-order valence-corrected chi connectivity index (χ2v) is 6.36.